The number of likely N-dealkylation sites (N-methyl/N-ethyl adjacent to an activating group) is 1. The first-order valence-corrected chi connectivity index (χ1v) is 11.3. The Morgan fingerprint density at radius 2 is 1.75 bits per heavy atom. The molecule has 2 fully saturated rings. The lowest BCUT2D eigenvalue weighted by Gasteiger charge is -2.41. The number of amides is 2. The van der Waals surface area contributed by atoms with Crippen LogP contribution < -0.4 is 5.32 Å². The maximum Gasteiger partial charge on any atom is 0.243 e. The summed E-state index contributed by atoms with van der Waals surface area (Å²) in [5, 5.41) is 2.60. The van der Waals surface area contributed by atoms with Crippen molar-refractivity contribution in [3.8, 4) is 0 Å². The van der Waals surface area contributed by atoms with Crippen molar-refractivity contribution in [3.63, 3.8) is 0 Å². The van der Waals surface area contributed by atoms with Gasteiger partial charge in [-0.3, -0.25) is 9.59 Å². The van der Waals surface area contributed by atoms with Gasteiger partial charge in [0.2, 0.25) is 21.8 Å². The van der Waals surface area contributed by atoms with Crippen molar-refractivity contribution in [1.29, 1.82) is 0 Å². The van der Waals surface area contributed by atoms with Gasteiger partial charge in [-0.1, -0.05) is 19.3 Å². The highest BCUT2D eigenvalue weighted by molar-refractivity contribution is 7.89. The summed E-state index contributed by atoms with van der Waals surface area (Å²) in [5.74, 6) is 0.932. The molecule has 1 saturated carbocycles. The van der Waals surface area contributed by atoms with E-state index in [0.29, 0.717) is 11.6 Å². The van der Waals surface area contributed by atoms with Crippen molar-refractivity contribution in [2.75, 3.05) is 32.0 Å². The molecule has 2 amide bonds. The van der Waals surface area contributed by atoms with Gasteiger partial charge in [-0.2, -0.15) is 4.31 Å². The van der Waals surface area contributed by atoms with Crippen LogP contribution in [-0.4, -0.2) is 56.1 Å². The molecule has 1 heterocycles. The summed E-state index contributed by atoms with van der Waals surface area (Å²) >= 11 is 0. The predicted octanol–water partition coefficient (Wildman–Crippen LogP) is 2.30. The van der Waals surface area contributed by atoms with E-state index in [-0.39, 0.29) is 23.3 Å². The molecule has 7 nitrogen and oxygen atoms in total. The summed E-state index contributed by atoms with van der Waals surface area (Å²) in [6, 6.07) is 5.96. The monoisotopic (exact) mass is 407 g/mol. The van der Waals surface area contributed by atoms with Crippen LogP contribution in [0.4, 0.5) is 5.69 Å². The number of nitrogens with one attached hydrogen (secondary N) is 1. The summed E-state index contributed by atoms with van der Waals surface area (Å²) in [6.45, 7) is 2.70. The lowest BCUT2D eigenvalue weighted by Crippen LogP contribution is -2.48. The first kappa shape index (κ1) is 20.8. The van der Waals surface area contributed by atoms with Crippen LogP contribution in [0.5, 0.6) is 0 Å². The maximum atomic E-state index is 12.8. The van der Waals surface area contributed by atoms with Crippen molar-refractivity contribution in [2.45, 2.75) is 43.9 Å². The minimum absolute atomic E-state index is 0.0999. The Morgan fingerprint density at radius 3 is 2.39 bits per heavy atom. The first-order valence-electron chi connectivity index (χ1n) is 9.89. The van der Waals surface area contributed by atoms with Crippen LogP contribution in [0.2, 0.25) is 0 Å². The molecule has 2 atom stereocenters. The number of hydrogen-bond acceptors (Lipinski definition) is 4. The first-order chi connectivity index (χ1) is 13.3. The van der Waals surface area contributed by atoms with Crippen LogP contribution in [0.3, 0.4) is 0 Å². The van der Waals surface area contributed by atoms with Crippen molar-refractivity contribution in [3.05, 3.63) is 24.3 Å². The molecule has 0 bridgehead atoms. The molecule has 154 valence electrons. The molecular weight excluding hydrogens is 378 g/mol. The van der Waals surface area contributed by atoms with E-state index in [2.05, 4.69) is 5.32 Å². The average molecular weight is 408 g/mol. The normalized spacial score (nSPS) is 22.6. The van der Waals surface area contributed by atoms with E-state index in [0.717, 1.165) is 29.7 Å². The van der Waals surface area contributed by atoms with Gasteiger partial charge in [0.15, 0.2) is 0 Å². The van der Waals surface area contributed by atoms with Gasteiger partial charge in [0, 0.05) is 32.7 Å². The molecule has 1 aromatic carbocycles. The molecule has 1 aliphatic carbocycles. The Labute approximate surface area is 167 Å². The number of hydrogen-bond donors (Lipinski definition) is 1. The highest BCUT2D eigenvalue weighted by Crippen LogP contribution is 2.36. The van der Waals surface area contributed by atoms with Gasteiger partial charge in [0.1, 0.15) is 0 Å². The zero-order chi connectivity index (χ0) is 20.3. The number of carbonyl (C=O) groups excluding carboxylic acids is 2. The fourth-order valence-electron chi connectivity index (χ4n) is 4.30. The number of rotatable bonds is 5. The van der Waals surface area contributed by atoms with Crippen molar-refractivity contribution in [1.82, 2.24) is 9.21 Å². The quantitative estimate of drug-likeness (QED) is 0.811. The summed E-state index contributed by atoms with van der Waals surface area (Å²) in [7, 11) is -2.34. The summed E-state index contributed by atoms with van der Waals surface area (Å²) in [6.07, 6.45) is 5.97. The molecule has 1 aliphatic heterocycles. The summed E-state index contributed by atoms with van der Waals surface area (Å²) in [4.78, 5) is 25.7. The van der Waals surface area contributed by atoms with E-state index in [9.17, 15) is 18.0 Å². The van der Waals surface area contributed by atoms with E-state index in [1.165, 1.54) is 63.9 Å². The Kier molecular flexibility index (Phi) is 6.40. The van der Waals surface area contributed by atoms with E-state index >= 15 is 0 Å². The van der Waals surface area contributed by atoms with Crippen LogP contribution in [0.1, 0.15) is 39.0 Å². The largest absolute Gasteiger partial charge is 0.341 e. The number of fused-ring (bicyclic) bond motifs is 1. The topological polar surface area (TPSA) is 86.8 Å². The fourth-order valence-corrected chi connectivity index (χ4v) is 5.42. The van der Waals surface area contributed by atoms with Crippen LogP contribution in [0.25, 0.3) is 0 Å². The SMILES string of the molecule is CC(=O)Nc1ccc(S(=O)(=O)N(C)CC(=O)N2CC[C@H]3CCCC[C@@H]3C2)cc1. The molecule has 3 rings (SSSR count). The van der Waals surface area contributed by atoms with E-state index < -0.39 is 10.0 Å². The highest BCUT2D eigenvalue weighted by Gasteiger charge is 2.34. The molecule has 0 unspecified atom stereocenters. The van der Waals surface area contributed by atoms with Gasteiger partial charge in [0.25, 0.3) is 0 Å². The van der Waals surface area contributed by atoms with Crippen molar-refractivity contribution in [2.24, 2.45) is 11.8 Å². The number of piperidine rings is 1. The third kappa shape index (κ3) is 4.72. The maximum absolute atomic E-state index is 12.8. The van der Waals surface area contributed by atoms with Gasteiger partial charge < -0.3 is 10.2 Å². The predicted molar refractivity (Wildman–Crippen MR) is 107 cm³/mol. The average Bonchev–Trinajstić information content (AvgIpc) is 2.67. The fraction of sp³-hybridized carbons (Fsp3) is 0.600. The summed E-state index contributed by atoms with van der Waals surface area (Å²) in [5.41, 5.74) is 0.528. The van der Waals surface area contributed by atoms with Gasteiger partial charge >= 0.3 is 0 Å². The van der Waals surface area contributed by atoms with Crippen LogP contribution in [-0.2, 0) is 19.6 Å². The molecule has 1 aromatic rings. The minimum Gasteiger partial charge on any atom is -0.341 e. The minimum atomic E-state index is -3.77. The van der Waals surface area contributed by atoms with Crippen molar-refractivity contribution >= 4 is 27.5 Å². The van der Waals surface area contributed by atoms with E-state index in [1.54, 1.807) is 0 Å². The Hall–Kier alpha value is -1.93. The molecule has 0 spiro atoms. The molecule has 28 heavy (non-hydrogen) atoms. The third-order valence-electron chi connectivity index (χ3n) is 5.88. The molecule has 0 radical (unpaired) electrons. The standard InChI is InChI=1S/C20H29N3O4S/c1-15(24)21-18-7-9-19(10-8-18)28(26,27)22(2)14-20(25)23-12-11-16-5-3-4-6-17(16)13-23/h7-10,16-17H,3-6,11-14H2,1-2H3,(H,21,24)/t16-,17-/m1/s1. The smallest absolute Gasteiger partial charge is 0.243 e. The second kappa shape index (κ2) is 8.61. The lowest BCUT2D eigenvalue weighted by atomic mass is 9.75. The molecule has 1 N–H and O–H groups in total. The van der Waals surface area contributed by atoms with Crippen LogP contribution in [0.15, 0.2) is 29.2 Å². The molecule has 1 saturated heterocycles. The Bertz CT molecular complexity index is 822. The molecular formula is C20H29N3O4S. The molecule has 2 aliphatic rings. The summed E-state index contributed by atoms with van der Waals surface area (Å²) < 4.78 is 26.7. The third-order valence-corrected chi connectivity index (χ3v) is 7.70. The van der Waals surface area contributed by atoms with E-state index in [4.69, 9.17) is 0 Å². The highest BCUT2D eigenvalue weighted by atomic mass is 32.2. The van der Waals surface area contributed by atoms with Gasteiger partial charge in [-0.15, -0.1) is 0 Å². The molecule has 8 heteroatoms. The number of nitrogens with zero attached hydrogens (tertiary/aromatic N) is 2. The zero-order valence-electron chi connectivity index (χ0n) is 16.6. The van der Waals surface area contributed by atoms with E-state index in [1.807, 2.05) is 4.90 Å². The number of benzene rings is 1. The molecule has 0 aromatic heterocycles. The lowest BCUT2D eigenvalue weighted by molar-refractivity contribution is -0.134. The Balaban J connectivity index is 1.61. The zero-order valence-corrected chi connectivity index (χ0v) is 17.4. The number of anilines is 1. The second-order valence-corrected chi connectivity index (χ2v) is 9.94. The van der Waals surface area contributed by atoms with Gasteiger partial charge in [0.05, 0.1) is 11.4 Å². The van der Waals surface area contributed by atoms with Gasteiger partial charge in [-0.05, 0) is 48.9 Å². The van der Waals surface area contributed by atoms with Gasteiger partial charge in [-0.25, -0.2) is 8.42 Å². The number of carbonyl (C=O) groups is 2. The number of likely N-dealkylation sites (tertiary alicyclic amines) is 1. The van der Waals surface area contributed by atoms with Crippen LogP contribution >= 0.6 is 0 Å². The van der Waals surface area contributed by atoms with Crippen molar-refractivity contribution < 1.29 is 18.0 Å². The van der Waals surface area contributed by atoms with Crippen LogP contribution in [0, 0.1) is 11.8 Å². The number of sulfonamides is 1. The Morgan fingerprint density at radius 1 is 1.11 bits per heavy atom. The second-order valence-electron chi connectivity index (χ2n) is 7.90.